The molecule has 1 rings (SSSR count). The van der Waals surface area contributed by atoms with Gasteiger partial charge in [0, 0.05) is 25.7 Å². The molecule has 2 amide bonds. The van der Waals surface area contributed by atoms with E-state index in [0.717, 1.165) is 5.01 Å². The number of hydrogen-bond acceptors (Lipinski definition) is 6. The number of carbonyl (C=O) groups excluding carboxylic acids is 3. The van der Waals surface area contributed by atoms with Crippen molar-refractivity contribution in [2.75, 3.05) is 26.7 Å². The summed E-state index contributed by atoms with van der Waals surface area (Å²) >= 11 is 0. The lowest BCUT2D eigenvalue weighted by atomic mass is 10.2. The van der Waals surface area contributed by atoms with Gasteiger partial charge in [0.1, 0.15) is 12.1 Å². The zero-order valence-corrected chi connectivity index (χ0v) is 14.4. The fourth-order valence-electron chi connectivity index (χ4n) is 1.85. The van der Waals surface area contributed by atoms with E-state index in [9.17, 15) is 14.4 Å². The van der Waals surface area contributed by atoms with Crippen molar-refractivity contribution >= 4 is 23.7 Å². The Kier molecular flexibility index (Phi) is 6.53. The number of esters is 1. The lowest BCUT2D eigenvalue weighted by molar-refractivity contribution is -0.148. The van der Waals surface area contributed by atoms with Gasteiger partial charge in [0.15, 0.2) is 0 Å². The van der Waals surface area contributed by atoms with Crippen molar-refractivity contribution in [1.82, 2.24) is 9.91 Å². The van der Waals surface area contributed by atoms with Crippen LogP contribution in [-0.4, -0.2) is 65.9 Å². The molecule has 0 bridgehead atoms. The molecule has 0 spiro atoms. The molecule has 1 aliphatic rings. The summed E-state index contributed by atoms with van der Waals surface area (Å²) in [7, 11) is 1.63. The quantitative estimate of drug-likeness (QED) is 0.688. The molecule has 0 aromatic heterocycles. The number of hydrogen-bond donors (Lipinski definition) is 0. The van der Waals surface area contributed by atoms with E-state index in [1.807, 2.05) is 0 Å². The minimum absolute atomic E-state index is 0.154. The van der Waals surface area contributed by atoms with Crippen LogP contribution in [0.25, 0.3) is 0 Å². The fraction of sp³-hybridized carbons (Fsp3) is 0.733. The van der Waals surface area contributed by atoms with E-state index in [2.05, 4.69) is 5.10 Å². The third-order valence-corrected chi connectivity index (χ3v) is 2.93. The summed E-state index contributed by atoms with van der Waals surface area (Å²) in [5.41, 5.74) is 0.0810. The first-order chi connectivity index (χ1) is 10.6. The second kappa shape index (κ2) is 7.94. The number of rotatable bonds is 6. The fourth-order valence-corrected chi connectivity index (χ4v) is 1.85. The molecule has 0 fully saturated rings. The topological polar surface area (TPSA) is 88.5 Å². The Morgan fingerprint density at radius 1 is 1.35 bits per heavy atom. The molecular weight excluding hydrogens is 302 g/mol. The zero-order chi connectivity index (χ0) is 17.6. The summed E-state index contributed by atoms with van der Waals surface area (Å²) in [4.78, 5) is 36.4. The second-order valence-electron chi connectivity index (χ2n) is 6.25. The third-order valence-electron chi connectivity index (χ3n) is 2.93. The Morgan fingerprint density at radius 2 is 2.00 bits per heavy atom. The molecule has 130 valence electrons. The summed E-state index contributed by atoms with van der Waals surface area (Å²) in [6.45, 7) is 7.55. The first-order valence-corrected chi connectivity index (χ1v) is 7.59. The Morgan fingerprint density at radius 3 is 2.57 bits per heavy atom. The van der Waals surface area contributed by atoms with Crippen molar-refractivity contribution in [2.24, 2.45) is 5.10 Å². The highest BCUT2D eigenvalue weighted by Crippen LogP contribution is 2.13. The van der Waals surface area contributed by atoms with Crippen molar-refractivity contribution in [3.63, 3.8) is 0 Å². The van der Waals surface area contributed by atoms with Crippen molar-refractivity contribution < 1.29 is 23.9 Å². The van der Waals surface area contributed by atoms with Crippen molar-refractivity contribution in [2.45, 2.75) is 46.1 Å². The second-order valence-corrected chi connectivity index (χ2v) is 6.25. The predicted molar refractivity (Wildman–Crippen MR) is 83.9 cm³/mol. The van der Waals surface area contributed by atoms with Gasteiger partial charge in [-0.3, -0.25) is 9.59 Å². The molecule has 0 N–H and O–H groups in total. The summed E-state index contributed by atoms with van der Waals surface area (Å²) in [6, 6.07) is 0. The largest absolute Gasteiger partial charge is 0.465 e. The monoisotopic (exact) mass is 327 g/mol. The molecule has 1 aliphatic heterocycles. The average molecular weight is 327 g/mol. The van der Waals surface area contributed by atoms with Crippen LogP contribution < -0.4 is 0 Å². The SMILES string of the molecule is CCOC(=O)CN1N=C(CCN(C)C(=O)OC(C)(C)C)CC1=O. The molecule has 0 unspecified atom stereocenters. The van der Waals surface area contributed by atoms with E-state index < -0.39 is 17.7 Å². The van der Waals surface area contributed by atoms with Gasteiger partial charge in [-0.25, -0.2) is 9.80 Å². The van der Waals surface area contributed by atoms with E-state index >= 15 is 0 Å². The maximum absolute atomic E-state index is 11.8. The maximum Gasteiger partial charge on any atom is 0.410 e. The van der Waals surface area contributed by atoms with Crippen LogP contribution in [0, 0.1) is 0 Å². The molecule has 0 aromatic rings. The molecule has 8 heteroatoms. The van der Waals surface area contributed by atoms with Crippen molar-refractivity contribution in [1.29, 1.82) is 0 Å². The number of nitrogens with zero attached hydrogens (tertiary/aromatic N) is 3. The zero-order valence-electron chi connectivity index (χ0n) is 14.4. The third kappa shape index (κ3) is 6.66. The van der Waals surface area contributed by atoms with Gasteiger partial charge in [0.25, 0.3) is 0 Å². The molecule has 0 saturated carbocycles. The standard InChI is InChI=1S/C15H25N3O5/c1-6-22-13(20)10-18-12(19)9-11(16-18)7-8-17(5)14(21)23-15(2,3)4/h6-10H2,1-5H3. The van der Waals surface area contributed by atoms with E-state index in [-0.39, 0.29) is 25.5 Å². The average Bonchev–Trinajstić information content (AvgIpc) is 2.74. The first-order valence-electron chi connectivity index (χ1n) is 7.59. The van der Waals surface area contributed by atoms with Crippen LogP contribution in [0.4, 0.5) is 4.79 Å². The molecule has 8 nitrogen and oxygen atoms in total. The molecule has 23 heavy (non-hydrogen) atoms. The van der Waals surface area contributed by atoms with Crippen LogP contribution in [-0.2, 0) is 19.1 Å². The molecule has 1 heterocycles. The van der Waals surface area contributed by atoms with Gasteiger partial charge in [-0.05, 0) is 27.7 Å². The summed E-state index contributed by atoms with van der Waals surface area (Å²) < 4.78 is 10.0. The van der Waals surface area contributed by atoms with Crippen molar-refractivity contribution in [3.8, 4) is 0 Å². The Bertz CT molecular complexity index is 496. The van der Waals surface area contributed by atoms with Crippen LogP contribution in [0.1, 0.15) is 40.5 Å². The van der Waals surface area contributed by atoms with E-state index in [4.69, 9.17) is 9.47 Å². The minimum Gasteiger partial charge on any atom is -0.465 e. The van der Waals surface area contributed by atoms with Crippen LogP contribution in [0.2, 0.25) is 0 Å². The Hall–Kier alpha value is -2.12. The smallest absolute Gasteiger partial charge is 0.410 e. The molecule has 0 aromatic carbocycles. The number of hydrazone groups is 1. The maximum atomic E-state index is 11.8. The summed E-state index contributed by atoms with van der Waals surface area (Å²) in [6.07, 6.45) is 0.174. The van der Waals surface area contributed by atoms with E-state index in [1.54, 1.807) is 34.7 Å². The van der Waals surface area contributed by atoms with Gasteiger partial charge < -0.3 is 14.4 Å². The highest BCUT2D eigenvalue weighted by Gasteiger charge is 2.27. The number of amides is 2. The Labute approximate surface area is 136 Å². The summed E-state index contributed by atoms with van der Waals surface area (Å²) in [5, 5.41) is 5.23. The van der Waals surface area contributed by atoms with Crippen LogP contribution >= 0.6 is 0 Å². The molecule has 0 radical (unpaired) electrons. The first kappa shape index (κ1) is 18.9. The van der Waals surface area contributed by atoms with Gasteiger partial charge in [-0.15, -0.1) is 0 Å². The number of ether oxygens (including phenoxy) is 2. The normalized spacial score (nSPS) is 14.6. The Balaban J connectivity index is 2.47. The van der Waals surface area contributed by atoms with Gasteiger partial charge in [0.2, 0.25) is 5.91 Å². The van der Waals surface area contributed by atoms with E-state index in [0.29, 0.717) is 18.7 Å². The predicted octanol–water partition coefficient (Wildman–Crippen LogP) is 1.39. The minimum atomic E-state index is -0.553. The molecule has 0 aliphatic carbocycles. The number of carbonyl (C=O) groups is 3. The molecule has 0 saturated heterocycles. The summed E-state index contributed by atoms with van der Waals surface area (Å²) in [5.74, 6) is -0.732. The van der Waals surface area contributed by atoms with Crippen LogP contribution in [0.3, 0.4) is 0 Å². The lowest BCUT2D eigenvalue weighted by Crippen LogP contribution is -2.35. The highest BCUT2D eigenvalue weighted by molar-refractivity contribution is 6.05. The highest BCUT2D eigenvalue weighted by atomic mass is 16.6. The van der Waals surface area contributed by atoms with Gasteiger partial charge in [0.05, 0.1) is 13.0 Å². The van der Waals surface area contributed by atoms with Gasteiger partial charge >= 0.3 is 12.1 Å². The van der Waals surface area contributed by atoms with Crippen LogP contribution in [0.15, 0.2) is 5.10 Å². The lowest BCUT2D eigenvalue weighted by Gasteiger charge is -2.24. The molecule has 0 atom stereocenters. The van der Waals surface area contributed by atoms with Gasteiger partial charge in [-0.1, -0.05) is 0 Å². The molecular formula is C15H25N3O5. The van der Waals surface area contributed by atoms with Crippen molar-refractivity contribution in [3.05, 3.63) is 0 Å². The van der Waals surface area contributed by atoms with E-state index in [1.165, 1.54) is 4.90 Å². The van der Waals surface area contributed by atoms with Crippen LogP contribution in [0.5, 0.6) is 0 Å². The van der Waals surface area contributed by atoms with Gasteiger partial charge in [-0.2, -0.15) is 5.10 Å².